The fraction of sp³-hybridized carbons (Fsp3) is 0.133. The second-order valence-electron chi connectivity index (χ2n) is 4.41. The number of aromatic nitrogens is 1. The summed E-state index contributed by atoms with van der Waals surface area (Å²) in [6.07, 6.45) is 0. The summed E-state index contributed by atoms with van der Waals surface area (Å²) < 4.78 is 5.62. The number of benzene rings is 2. The van der Waals surface area contributed by atoms with E-state index in [1.54, 1.807) is 0 Å². The van der Waals surface area contributed by atoms with Crippen LogP contribution in [0.3, 0.4) is 0 Å². The zero-order valence-electron chi connectivity index (χ0n) is 10.4. The molecule has 0 saturated heterocycles. The van der Waals surface area contributed by atoms with Crippen LogP contribution in [-0.4, -0.2) is 4.98 Å². The fourth-order valence-corrected chi connectivity index (χ4v) is 1.87. The molecule has 3 heteroatoms. The molecule has 0 amide bonds. The lowest BCUT2D eigenvalue weighted by molar-refractivity contribution is 0.623. The molecule has 0 atom stereocenters. The van der Waals surface area contributed by atoms with Gasteiger partial charge in [-0.1, -0.05) is 18.2 Å². The van der Waals surface area contributed by atoms with E-state index in [1.165, 1.54) is 11.1 Å². The Kier molecular flexibility index (Phi) is 2.52. The second kappa shape index (κ2) is 4.18. The first-order valence-corrected chi connectivity index (χ1v) is 5.92. The van der Waals surface area contributed by atoms with Gasteiger partial charge in [-0.3, -0.25) is 0 Å². The Bertz CT molecular complexity index is 668. The van der Waals surface area contributed by atoms with Crippen molar-refractivity contribution in [1.82, 2.24) is 4.98 Å². The normalized spacial score (nSPS) is 10.8. The second-order valence-corrected chi connectivity index (χ2v) is 4.41. The molecule has 0 aliphatic rings. The molecule has 0 aliphatic heterocycles. The highest BCUT2D eigenvalue weighted by atomic mass is 16.4. The Labute approximate surface area is 105 Å². The molecule has 0 saturated carbocycles. The number of hydrogen-bond donors (Lipinski definition) is 1. The van der Waals surface area contributed by atoms with Gasteiger partial charge in [0.05, 0.1) is 0 Å². The summed E-state index contributed by atoms with van der Waals surface area (Å²) in [4.78, 5) is 4.38. The Balaban J connectivity index is 1.93. The molecule has 0 spiro atoms. The van der Waals surface area contributed by atoms with Gasteiger partial charge in [-0.2, -0.15) is 4.98 Å². The molecule has 2 aromatic carbocycles. The molecule has 0 radical (unpaired) electrons. The topological polar surface area (TPSA) is 38.1 Å². The van der Waals surface area contributed by atoms with E-state index < -0.39 is 0 Å². The highest BCUT2D eigenvalue weighted by Crippen LogP contribution is 2.23. The lowest BCUT2D eigenvalue weighted by Gasteiger charge is -2.04. The molecule has 3 nitrogen and oxygen atoms in total. The van der Waals surface area contributed by atoms with Crippen molar-refractivity contribution >= 4 is 22.8 Å². The van der Waals surface area contributed by atoms with Gasteiger partial charge in [-0.15, -0.1) is 0 Å². The maximum absolute atomic E-state index is 5.62. The first-order valence-electron chi connectivity index (χ1n) is 5.92. The average molecular weight is 238 g/mol. The third-order valence-corrected chi connectivity index (χ3v) is 3.05. The molecule has 1 N–H and O–H groups in total. The molecule has 3 aromatic rings. The van der Waals surface area contributed by atoms with Crippen LogP contribution in [0.25, 0.3) is 11.1 Å². The summed E-state index contributed by atoms with van der Waals surface area (Å²) in [5, 5.41) is 3.18. The third kappa shape index (κ3) is 1.95. The van der Waals surface area contributed by atoms with Crippen molar-refractivity contribution < 1.29 is 4.42 Å². The number of hydrogen-bond acceptors (Lipinski definition) is 3. The molecule has 0 fully saturated rings. The van der Waals surface area contributed by atoms with Crippen molar-refractivity contribution in [2.45, 2.75) is 13.8 Å². The van der Waals surface area contributed by atoms with Crippen LogP contribution in [0.2, 0.25) is 0 Å². The predicted molar refractivity (Wildman–Crippen MR) is 73.2 cm³/mol. The highest BCUT2D eigenvalue weighted by molar-refractivity contribution is 5.75. The molecule has 18 heavy (non-hydrogen) atoms. The number of aryl methyl sites for hydroxylation is 2. The van der Waals surface area contributed by atoms with Crippen LogP contribution in [0.5, 0.6) is 0 Å². The zero-order chi connectivity index (χ0) is 12.5. The summed E-state index contributed by atoms with van der Waals surface area (Å²) in [7, 11) is 0. The molecule has 0 bridgehead atoms. The standard InChI is InChI=1S/C15H14N2O/c1-10-7-8-12(9-11(10)2)16-15-17-13-5-3-4-6-14(13)18-15/h3-9H,1-2H3,(H,16,17). The number of anilines is 2. The minimum Gasteiger partial charge on any atom is -0.423 e. The van der Waals surface area contributed by atoms with Gasteiger partial charge in [0.1, 0.15) is 5.52 Å². The highest BCUT2D eigenvalue weighted by Gasteiger charge is 2.05. The summed E-state index contributed by atoms with van der Waals surface area (Å²) >= 11 is 0. The van der Waals surface area contributed by atoms with Crippen LogP contribution in [0.1, 0.15) is 11.1 Å². The summed E-state index contributed by atoms with van der Waals surface area (Å²) in [5.41, 5.74) is 5.17. The van der Waals surface area contributed by atoms with E-state index >= 15 is 0 Å². The molecular formula is C15H14N2O. The van der Waals surface area contributed by atoms with Crippen LogP contribution in [0.4, 0.5) is 11.7 Å². The largest absolute Gasteiger partial charge is 0.423 e. The third-order valence-electron chi connectivity index (χ3n) is 3.05. The van der Waals surface area contributed by atoms with Crippen molar-refractivity contribution in [2.24, 2.45) is 0 Å². The molecule has 0 unspecified atom stereocenters. The minimum atomic E-state index is 0.527. The van der Waals surface area contributed by atoms with Crippen LogP contribution in [-0.2, 0) is 0 Å². The van der Waals surface area contributed by atoms with E-state index in [0.29, 0.717) is 6.01 Å². The molecule has 0 aliphatic carbocycles. The average Bonchev–Trinajstić information content (AvgIpc) is 2.76. The number of fused-ring (bicyclic) bond motifs is 1. The Hall–Kier alpha value is -2.29. The van der Waals surface area contributed by atoms with Gasteiger partial charge in [0, 0.05) is 5.69 Å². The van der Waals surface area contributed by atoms with E-state index in [0.717, 1.165) is 16.8 Å². The monoisotopic (exact) mass is 238 g/mol. The maximum atomic E-state index is 5.62. The van der Waals surface area contributed by atoms with Crippen molar-refractivity contribution in [1.29, 1.82) is 0 Å². The van der Waals surface area contributed by atoms with Crippen molar-refractivity contribution in [2.75, 3.05) is 5.32 Å². The quantitative estimate of drug-likeness (QED) is 0.727. The van der Waals surface area contributed by atoms with Gasteiger partial charge in [-0.25, -0.2) is 0 Å². The van der Waals surface area contributed by atoms with Gasteiger partial charge >= 0.3 is 0 Å². The van der Waals surface area contributed by atoms with Gasteiger partial charge in [0.2, 0.25) is 0 Å². The lowest BCUT2D eigenvalue weighted by Crippen LogP contribution is -1.91. The van der Waals surface area contributed by atoms with Crippen molar-refractivity contribution in [3.05, 3.63) is 53.6 Å². The van der Waals surface area contributed by atoms with Crippen LogP contribution < -0.4 is 5.32 Å². The first kappa shape index (κ1) is 10.8. The van der Waals surface area contributed by atoms with Crippen LogP contribution in [0, 0.1) is 13.8 Å². The summed E-state index contributed by atoms with van der Waals surface area (Å²) in [6, 6.07) is 14.5. The number of nitrogens with zero attached hydrogens (tertiary/aromatic N) is 1. The molecular weight excluding hydrogens is 224 g/mol. The predicted octanol–water partition coefficient (Wildman–Crippen LogP) is 4.19. The number of para-hydroxylation sites is 2. The fourth-order valence-electron chi connectivity index (χ4n) is 1.87. The smallest absolute Gasteiger partial charge is 0.300 e. The number of rotatable bonds is 2. The molecule has 90 valence electrons. The molecule has 1 aromatic heterocycles. The van der Waals surface area contributed by atoms with E-state index in [2.05, 4.69) is 36.3 Å². The lowest BCUT2D eigenvalue weighted by atomic mass is 10.1. The molecule has 1 heterocycles. The Morgan fingerprint density at radius 2 is 1.83 bits per heavy atom. The van der Waals surface area contributed by atoms with Gasteiger partial charge < -0.3 is 9.73 Å². The van der Waals surface area contributed by atoms with Crippen molar-refractivity contribution in [3.63, 3.8) is 0 Å². The summed E-state index contributed by atoms with van der Waals surface area (Å²) in [6.45, 7) is 4.19. The van der Waals surface area contributed by atoms with E-state index in [9.17, 15) is 0 Å². The Morgan fingerprint density at radius 3 is 2.61 bits per heavy atom. The Morgan fingerprint density at radius 1 is 1.00 bits per heavy atom. The number of oxazole rings is 1. The van der Waals surface area contributed by atoms with Gasteiger partial charge in [0.25, 0.3) is 6.01 Å². The van der Waals surface area contributed by atoms with E-state index in [4.69, 9.17) is 4.42 Å². The summed E-state index contributed by atoms with van der Waals surface area (Å²) in [5.74, 6) is 0. The minimum absolute atomic E-state index is 0.527. The van der Waals surface area contributed by atoms with E-state index in [1.807, 2.05) is 30.3 Å². The zero-order valence-corrected chi connectivity index (χ0v) is 10.4. The van der Waals surface area contributed by atoms with Gasteiger partial charge in [0.15, 0.2) is 5.58 Å². The molecule has 3 rings (SSSR count). The maximum Gasteiger partial charge on any atom is 0.300 e. The van der Waals surface area contributed by atoms with Gasteiger partial charge in [-0.05, 0) is 49.2 Å². The SMILES string of the molecule is Cc1ccc(Nc2nc3ccccc3o2)cc1C. The number of nitrogens with one attached hydrogen (secondary N) is 1. The van der Waals surface area contributed by atoms with E-state index in [-0.39, 0.29) is 0 Å². The first-order chi connectivity index (χ1) is 8.72. The van der Waals surface area contributed by atoms with Crippen molar-refractivity contribution in [3.8, 4) is 0 Å². The van der Waals surface area contributed by atoms with Crippen LogP contribution in [0.15, 0.2) is 46.9 Å². The van der Waals surface area contributed by atoms with Crippen LogP contribution >= 0.6 is 0 Å².